The molecule has 1 rings (SSSR count). The van der Waals surface area contributed by atoms with E-state index in [2.05, 4.69) is 4.98 Å². The van der Waals surface area contributed by atoms with E-state index in [4.69, 9.17) is 5.11 Å². The minimum Gasteiger partial charge on any atom is -0.477 e. The lowest BCUT2D eigenvalue weighted by Crippen LogP contribution is -2.15. The fraction of sp³-hybridized carbons (Fsp3) is 0.455. The van der Waals surface area contributed by atoms with Gasteiger partial charge in [-0.3, -0.25) is 0 Å². The van der Waals surface area contributed by atoms with Crippen LogP contribution >= 0.6 is 11.8 Å². The summed E-state index contributed by atoms with van der Waals surface area (Å²) in [4.78, 5) is 14.7. The highest BCUT2D eigenvalue weighted by Gasteiger charge is 2.10. The first-order chi connectivity index (χ1) is 7.50. The lowest BCUT2D eigenvalue weighted by atomic mass is 10.3. The van der Waals surface area contributed by atoms with Crippen LogP contribution in [0.5, 0.6) is 0 Å². The standard InChI is InChI=1S/C11H15NO3S/c1-7(13)8(2)16-6-9-4-3-5-10(12-9)11(14)15/h3-5,7-8,13H,6H2,1-2H3,(H,14,15). The van der Waals surface area contributed by atoms with Gasteiger partial charge in [-0.1, -0.05) is 13.0 Å². The Morgan fingerprint density at radius 1 is 1.50 bits per heavy atom. The molecule has 1 aromatic rings. The van der Waals surface area contributed by atoms with Crippen LogP contribution in [0.1, 0.15) is 30.0 Å². The van der Waals surface area contributed by atoms with Gasteiger partial charge in [-0.25, -0.2) is 9.78 Å². The number of nitrogens with zero attached hydrogens (tertiary/aromatic N) is 1. The molecule has 0 aromatic carbocycles. The number of thioether (sulfide) groups is 1. The highest BCUT2D eigenvalue weighted by atomic mass is 32.2. The third kappa shape index (κ3) is 3.83. The van der Waals surface area contributed by atoms with Crippen LogP contribution in [0.2, 0.25) is 0 Å². The number of aliphatic hydroxyl groups is 1. The monoisotopic (exact) mass is 241 g/mol. The van der Waals surface area contributed by atoms with Crippen molar-refractivity contribution >= 4 is 17.7 Å². The highest BCUT2D eigenvalue weighted by Crippen LogP contribution is 2.19. The van der Waals surface area contributed by atoms with E-state index in [-0.39, 0.29) is 17.0 Å². The fourth-order valence-corrected chi connectivity index (χ4v) is 1.91. The van der Waals surface area contributed by atoms with Crippen molar-refractivity contribution in [2.75, 3.05) is 0 Å². The van der Waals surface area contributed by atoms with Gasteiger partial charge in [-0.2, -0.15) is 0 Å². The number of aromatic nitrogens is 1. The average Bonchev–Trinajstić information content (AvgIpc) is 2.26. The number of carboxylic acid groups (broad SMARTS) is 1. The van der Waals surface area contributed by atoms with E-state index in [1.54, 1.807) is 30.8 Å². The van der Waals surface area contributed by atoms with Crippen molar-refractivity contribution in [1.29, 1.82) is 0 Å². The zero-order valence-corrected chi connectivity index (χ0v) is 10.1. The molecular formula is C11H15NO3S. The van der Waals surface area contributed by atoms with Gasteiger partial charge in [0.2, 0.25) is 0 Å². The molecule has 0 aliphatic carbocycles. The molecule has 0 saturated carbocycles. The molecule has 0 fully saturated rings. The number of carboxylic acids is 1. The van der Waals surface area contributed by atoms with Crippen molar-refractivity contribution in [3.05, 3.63) is 29.6 Å². The third-order valence-electron chi connectivity index (χ3n) is 2.20. The predicted molar refractivity (Wildman–Crippen MR) is 63.6 cm³/mol. The van der Waals surface area contributed by atoms with E-state index in [1.165, 1.54) is 6.07 Å². The van der Waals surface area contributed by atoms with E-state index in [9.17, 15) is 9.90 Å². The van der Waals surface area contributed by atoms with Crippen LogP contribution in [0.25, 0.3) is 0 Å². The largest absolute Gasteiger partial charge is 0.477 e. The Morgan fingerprint density at radius 3 is 2.75 bits per heavy atom. The topological polar surface area (TPSA) is 70.4 Å². The van der Waals surface area contributed by atoms with Crippen molar-refractivity contribution in [3.8, 4) is 0 Å². The van der Waals surface area contributed by atoms with Crippen molar-refractivity contribution in [2.24, 2.45) is 0 Å². The van der Waals surface area contributed by atoms with Crippen molar-refractivity contribution in [1.82, 2.24) is 4.98 Å². The number of hydrogen-bond donors (Lipinski definition) is 2. The molecule has 16 heavy (non-hydrogen) atoms. The van der Waals surface area contributed by atoms with Crippen LogP contribution in [0.3, 0.4) is 0 Å². The molecule has 5 heteroatoms. The van der Waals surface area contributed by atoms with Crippen LogP contribution in [-0.4, -0.2) is 32.5 Å². The summed E-state index contributed by atoms with van der Waals surface area (Å²) in [6.45, 7) is 3.66. The molecule has 0 saturated heterocycles. The number of hydrogen-bond acceptors (Lipinski definition) is 4. The normalized spacial score (nSPS) is 14.4. The zero-order valence-electron chi connectivity index (χ0n) is 9.25. The van der Waals surface area contributed by atoms with Gasteiger partial charge in [0.1, 0.15) is 5.69 Å². The molecule has 2 atom stereocenters. The molecule has 2 unspecified atom stereocenters. The van der Waals surface area contributed by atoms with Crippen molar-refractivity contribution in [3.63, 3.8) is 0 Å². The Kier molecular flexibility index (Phi) is 4.76. The molecule has 0 amide bonds. The molecule has 88 valence electrons. The van der Waals surface area contributed by atoms with Crippen molar-refractivity contribution in [2.45, 2.75) is 31.0 Å². The Bertz CT molecular complexity index is 368. The van der Waals surface area contributed by atoms with E-state index in [0.717, 1.165) is 5.69 Å². The highest BCUT2D eigenvalue weighted by molar-refractivity contribution is 7.99. The maximum absolute atomic E-state index is 10.7. The molecule has 1 aromatic heterocycles. The molecule has 4 nitrogen and oxygen atoms in total. The number of carbonyl (C=O) groups is 1. The SMILES string of the molecule is CC(O)C(C)SCc1cccc(C(=O)O)n1. The maximum atomic E-state index is 10.7. The molecular weight excluding hydrogens is 226 g/mol. The summed E-state index contributed by atoms with van der Waals surface area (Å²) in [5, 5.41) is 18.2. The van der Waals surface area contributed by atoms with Crippen LogP contribution in [0, 0.1) is 0 Å². The minimum absolute atomic E-state index is 0.0581. The second-order valence-electron chi connectivity index (χ2n) is 3.58. The van der Waals surface area contributed by atoms with Gasteiger partial charge >= 0.3 is 5.97 Å². The van der Waals surface area contributed by atoms with Gasteiger partial charge in [0.25, 0.3) is 0 Å². The quantitative estimate of drug-likeness (QED) is 0.822. The summed E-state index contributed by atoms with van der Waals surface area (Å²) >= 11 is 1.55. The van der Waals surface area contributed by atoms with Gasteiger partial charge in [-0.15, -0.1) is 11.8 Å². The van der Waals surface area contributed by atoms with E-state index >= 15 is 0 Å². The van der Waals surface area contributed by atoms with Gasteiger partial charge in [-0.05, 0) is 19.1 Å². The predicted octanol–water partition coefficient (Wildman–Crippen LogP) is 1.78. The van der Waals surface area contributed by atoms with Gasteiger partial charge in [0, 0.05) is 11.0 Å². The Hall–Kier alpha value is -1.07. The van der Waals surface area contributed by atoms with Crippen LogP contribution in [-0.2, 0) is 5.75 Å². The van der Waals surface area contributed by atoms with E-state index in [0.29, 0.717) is 5.75 Å². The molecule has 0 aliphatic heterocycles. The summed E-state index contributed by atoms with van der Waals surface area (Å²) in [5.74, 6) is -0.414. The number of pyridine rings is 1. The third-order valence-corrected chi connectivity index (χ3v) is 3.58. The fourth-order valence-electron chi connectivity index (χ4n) is 1.04. The summed E-state index contributed by atoms with van der Waals surface area (Å²) in [5.41, 5.74) is 0.778. The molecule has 0 spiro atoms. The minimum atomic E-state index is -1.02. The van der Waals surface area contributed by atoms with Crippen LogP contribution in [0.15, 0.2) is 18.2 Å². The molecule has 2 N–H and O–H groups in total. The van der Waals surface area contributed by atoms with Gasteiger partial charge in [0.05, 0.1) is 11.8 Å². The zero-order chi connectivity index (χ0) is 12.1. The average molecular weight is 241 g/mol. The van der Waals surface area contributed by atoms with Gasteiger partial charge in [0.15, 0.2) is 0 Å². The van der Waals surface area contributed by atoms with E-state index in [1.807, 2.05) is 6.92 Å². The lowest BCUT2D eigenvalue weighted by Gasteiger charge is -2.13. The Morgan fingerprint density at radius 2 is 2.19 bits per heavy atom. The maximum Gasteiger partial charge on any atom is 0.354 e. The first-order valence-electron chi connectivity index (χ1n) is 4.99. The first kappa shape index (κ1) is 13.0. The smallest absolute Gasteiger partial charge is 0.354 e. The second kappa shape index (κ2) is 5.86. The van der Waals surface area contributed by atoms with Gasteiger partial charge < -0.3 is 10.2 Å². The molecule has 0 bridgehead atoms. The van der Waals surface area contributed by atoms with Crippen molar-refractivity contribution < 1.29 is 15.0 Å². The number of aliphatic hydroxyl groups excluding tert-OH is 1. The summed E-state index contributed by atoms with van der Waals surface area (Å²) in [6, 6.07) is 4.93. The molecule has 0 radical (unpaired) electrons. The lowest BCUT2D eigenvalue weighted by molar-refractivity contribution is 0.0690. The second-order valence-corrected chi connectivity index (χ2v) is 4.94. The first-order valence-corrected chi connectivity index (χ1v) is 6.04. The number of rotatable bonds is 5. The Balaban J connectivity index is 2.61. The summed E-state index contributed by atoms with van der Waals surface area (Å²) in [7, 11) is 0. The van der Waals surface area contributed by atoms with Crippen LogP contribution < -0.4 is 0 Å². The summed E-state index contributed by atoms with van der Waals surface area (Å²) in [6.07, 6.45) is -0.382. The van der Waals surface area contributed by atoms with Crippen LogP contribution in [0.4, 0.5) is 0 Å². The summed E-state index contributed by atoms with van der Waals surface area (Å²) < 4.78 is 0. The molecule has 0 aliphatic rings. The number of aromatic carboxylic acids is 1. The molecule has 1 heterocycles. The van der Waals surface area contributed by atoms with E-state index < -0.39 is 5.97 Å². The Labute approximate surface area is 98.7 Å².